The van der Waals surface area contributed by atoms with E-state index in [1.165, 1.54) is 6.26 Å². The number of rotatable bonds is 5. The standard InChI is InChI=1S/C22H22N2O4.ClH/c1-23(2)14-18-12-17-13-24(10-9-19(17)28-18)22(26)16-7-5-15(6-8-16)21(25)20-4-3-11-27-20;/h3-8,11-12H,9-10,13-14H2,1-2H3;1H. The van der Waals surface area contributed by atoms with Crippen LogP contribution < -0.4 is 0 Å². The number of fused-ring (bicyclic) bond motifs is 1. The van der Waals surface area contributed by atoms with Gasteiger partial charge < -0.3 is 18.6 Å². The number of hydrogen-bond acceptors (Lipinski definition) is 5. The molecule has 1 aliphatic heterocycles. The molecule has 0 radical (unpaired) electrons. The summed E-state index contributed by atoms with van der Waals surface area (Å²) < 4.78 is 11.0. The molecule has 3 aromatic rings. The second kappa shape index (κ2) is 8.68. The number of amides is 1. The second-order valence-corrected chi connectivity index (χ2v) is 7.26. The van der Waals surface area contributed by atoms with E-state index in [4.69, 9.17) is 8.83 Å². The molecule has 0 saturated heterocycles. The Balaban J connectivity index is 0.00000240. The first-order valence-electron chi connectivity index (χ1n) is 9.24. The lowest BCUT2D eigenvalue weighted by Crippen LogP contribution is -2.35. The third kappa shape index (κ3) is 4.44. The molecule has 0 spiro atoms. The van der Waals surface area contributed by atoms with Crippen LogP contribution >= 0.6 is 12.4 Å². The zero-order valence-electron chi connectivity index (χ0n) is 16.4. The van der Waals surface area contributed by atoms with Gasteiger partial charge in [0.05, 0.1) is 12.8 Å². The Labute approximate surface area is 175 Å². The Morgan fingerprint density at radius 1 is 1.10 bits per heavy atom. The van der Waals surface area contributed by atoms with Crippen molar-refractivity contribution in [3.63, 3.8) is 0 Å². The molecule has 152 valence electrons. The van der Waals surface area contributed by atoms with Gasteiger partial charge in [-0.3, -0.25) is 9.59 Å². The first kappa shape index (κ1) is 20.9. The van der Waals surface area contributed by atoms with E-state index >= 15 is 0 Å². The fraction of sp³-hybridized carbons (Fsp3) is 0.273. The van der Waals surface area contributed by atoms with Crippen molar-refractivity contribution in [2.45, 2.75) is 19.5 Å². The molecular formula is C22H23ClN2O4. The summed E-state index contributed by atoms with van der Waals surface area (Å²) in [4.78, 5) is 29.1. The summed E-state index contributed by atoms with van der Waals surface area (Å²) in [6.45, 7) is 1.90. The van der Waals surface area contributed by atoms with Gasteiger partial charge in [-0.25, -0.2) is 0 Å². The number of ketones is 1. The van der Waals surface area contributed by atoms with Crippen LogP contribution in [0.15, 0.2) is 57.6 Å². The third-order valence-corrected chi connectivity index (χ3v) is 4.82. The number of nitrogens with zero attached hydrogens (tertiary/aromatic N) is 2. The van der Waals surface area contributed by atoms with E-state index in [9.17, 15) is 9.59 Å². The summed E-state index contributed by atoms with van der Waals surface area (Å²) in [6, 6.07) is 12.1. The highest BCUT2D eigenvalue weighted by Crippen LogP contribution is 2.25. The van der Waals surface area contributed by atoms with Crippen molar-refractivity contribution >= 4 is 24.1 Å². The minimum atomic E-state index is -0.196. The van der Waals surface area contributed by atoms with Gasteiger partial charge in [0.1, 0.15) is 11.5 Å². The minimum Gasteiger partial charge on any atom is -0.464 e. The average Bonchev–Trinajstić information content (AvgIpc) is 3.35. The molecule has 1 aliphatic rings. The Kier molecular flexibility index (Phi) is 6.25. The number of furan rings is 2. The predicted molar refractivity (Wildman–Crippen MR) is 110 cm³/mol. The van der Waals surface area contributed by atoms with Gasteiger partial charge in [-0.2, -0.15) is 0 Å². The molecule has 0 atom stereocenters. The quantitative estimate of drug-likeness (QED) is 0.594. The van der Waals surface area contributed by atoms with Crippen molar-refractivity contribution in [1.29, 1.82) is 0 Å². The van der Waals surface area contributed by atoms with Crippen LogP contribution in [0.4, 0.5) is 0 Å². The van der Waals surface area contributed by atoms with Crippen LogP contribution in [0.25, 0.3) is 0 Å². The fourth-order valence-electron chi connectivity index (χ4n) is 3.45. The largest absolute Gasteiger partial charge is 0.464 e. The van der Waals surface area contributed by atoms with Gasteiger partial charge in [0.15, 0.2) is 5.76 Å². The molecule has 0 aliphatic carbocycles. The maximum atomic E-state index is 12.9. The Bertz CT molecular complexity index is 991. The molecule has 4 rings (SSSR count). The summed E-state index contributed by atoms with van der Waals surface area (Å²) in [5, 5.41) is 0. The molecule has 3 heterocycles. The first-order chi connectivity index (χ1) is 13.5. The second-order valence-electron chi connectivity index (χ2n) is 7.26. The number of carbonyl (C=O) groups excluding carboxylic acids is 2. The Morgan fingerprint density at radius 2 is 1.83 bits per heavy atom. The highest BCUT2D eigenvalue weighted by atomic mass is 35.5. The lowest BCUT2D eigenvalue weighted by atomic mass is 10.0. The van der Waals surface area contributed by atoms with E-state index in [0.29, 0.717) is 30.6 Å². The molecule has 0 bridgehead atoms. The van der Waals surface area contributed by atoms with Gasteiger partial charge in [0.2, 0.25) is 5.78 Å². The highest BCUT2D eigenvalue weighted by Gasteiger charge is 2.25. The van der Waals surface area contributed by atoms with Crippen molar-refractivity contribution < 1.29 is 18.4 Å². The molecule has 2 aromatic heterocycles. The maximum Gasteiger partial charge on any atom is 0.254 e. The number of hydrogen-bond donors (Lipinski definition) is 0. The molecular weight excluding hydrogens is 392 g/mol. The Morgan fingerprint density at radius 3 is 2.48 bits per heavy atom. The van der Waals surface area contributed by atoms with Crippen molar-refractivity contribution in [3.05, 3.63) is 82.7 Å². The van der Waals surface area contributed by atoms with E-state index in [1.54, 1.807) is 36.4 Å². The molecule has 0 saturated carbocycles. The van der Waals surface area contributed by atoms with Crippen molar-refractivity contribution in [2.75, 3.05) is 20.6 Å². The molecule has 29 heavy (non-hydrogen) atoms. The zero-order valence-corrected chi connectivity index (χ0v) is 17.2. The molecule has 0 fully saturated rings. The van der Waals surface area contributed by atoms with Crippen LogP contribution in [-0.4, -0.2) is 42.1 Å². The van der Waals surface area contributed by atoms with Crippen molar-refractivity contribution in [3.8, 4) is 0 Å². The summed E-state index contributed by atoms with van der Waals surface area (Å²) in [5.41, 5.74) is 2.13. The molecule has 6 nitrogen and oxygen atoms in total. The zero-order chi connectivity index (χ0) is 19.7. The van der Waals surface area contributed by atoms with Gasteiger partial charge in [-0.1, -0.05) is 12.1 Å². The fourth-order valence-corrected chi connectivity index (χ4v) is 3.45. The van der Waals surface area contributed by atoms with E-state index in [1.807, 2.05) is 25.1 Å². The lowest BCUT2D eigenvalue weighted by Gasteiger charge is -2.26. The lowest BCUT2D eigenvalue weighted by molar-refractivity contribution is 0.0729. The first-order valence-corrected chi connectivity index (χ1v) is 9.24. The topological polar surface area (TPSA) is 66.9 Å². The van der Waals surface area contributed by atoms with E-state index in [-0.39, 0.29) is 29.9 Å². The van der Waals surface area contributed by atoms with Crippen LogP contribution in [0.1, 0.15) is 43.6 Å². The molecule has 1 aromatic carbocycles. The van der Waals surface area contributed by atoms with Crippen molar-refractivity contribution in [2.24, 2.45) is 0 Å². The minimum absolute atomic E-state index is 0. The molecule has 0 unspecified atom stereocenters. The summed E-state index contributed by atoms with van der Waals surface area (Å²) in [6.07, 6.45) is 2.18. The van der Waals surface area contributed by atoms with Gasteiger partial charge >= 0.3 is 0 Å². The monoisotopic (exact) mass is 414 g/mol. The van der Waals surface area contributed by atoms with Crippen molar-refractivity contribution in [1.82, 2.24) is 9.80 Å². The summed E-state index contributed by atoms with van der Waals surface area (Å²) >= 11 is 0. The van der Waals surface area contributed by atoms with Gasteiger partial charge in [0, 0.05) is 36.2 Å². The highest BCUT2D eigenvalue weighted by molar-refractivity contribution is 6.07. The number of carbonyl (C=O) groups is 2. The van der Waals surface area contributed by atoms with Gasteiger partial charge in [-0.05, 0) is 44.4 Å². The van der Waals surface area contributed by atoms with Crippen LogP contribution in [0.2, 0.25) is 0 Å². The summed E-state index contributed by atoms with van der Waals surface area (Å²) in [5.74, 6) is 1.94. The Hall–Kier alpha value is -2.83. The predicted octanol–water partition coefficient (Wildman–Crippen LogP) is 3.79. The van der Waals surface area contributed by atoms with E-state index in [0.717, 1.165) is 23.6 Å². The molecule has 1 amide bonds. The average molecular weight is 415 g/mol. The van der Waals surface area contributed by atoms with Gasteiger partial charge in [0.25, 0.3) is 5.91 Å². The van der Waals surface area contributed by atoms with E-state index in [2.05, 4.69) is 4.90 Å². The van der Waals surface area contributed by atoms with Crippen LogP contribution in [0, 0.1) is 0 Å². The smallest absolute Gasteiger partial charge is 0.254 e. The number of halogens is 1. The molecule has 0 N–H and O–H groups in total. The SMILES string of the molecule is CN(C)Cc1cc2c(o1)CCN(C(=O)c1ccc(C(=O)c3ccco3)cc1)C2.Cl. The van der Waals surface area contributed by atoms with Crippen LogP contribution in [0.5, 0.6) is 0 Å². The third-order valence-electron chi connectivity index (χ3n) is 4.82. The number of benzene rings is 1. The van der Waals surface area contributed by atoms with Crippen LogP contribution in [-0.2, 0) is 19.5 Å². The van der Waals surface area contributed by atoms with E-state index < -0.39 is 0 Å². The molecule has 7 heteroatoms. The van der Waals surface area contributed by atoms with Gasteiger partial charge in [-0.15, -0.1) is 12.4 Å². The van der Waals surface area contributed by atoms with Crippen LogP contribution in [0.3, 0.4) is 0 Å². The normalized spacial score (nSPS) is 13.1. The summed E-state index contributed by atoms with van der Waals surface area (Å²) in [7, 11) is 4.00. The maximum absolute atomic E-state index is 12.9.